The maximum absolute atomic E-state index is 12.7. The molecule has 0 aliphatic rings. The first-order valence-electron chi connectivity index (χ1n) is 8.87. The van der Waals surface area contributed by atoms with Crippen LogP contribution in [0.15, 0.2) is 79.1 Å². The van der Waals surface area contributed by atoms with Crippen molar-refractivity contribution in [3.63, 3.8) is 0 Å². The van der Waals surface area contributed by atoms with Gasteiger partial charge in [0.2, 0.25) is 0 Å². The monoisotopic (exact) mass is 407 g/mol. The fraction of sp³-hybridized carbons (Fsp3) is 0.0909. The molecule has 4 nitrogen and oxygen atoms in total. The van der Waals surface area contributed by atoms with Gasteiger partial charge in [-0.3, -0.25) is 9.48 Å². The number of benzene rings is 2. The van der Waals surface area contributed by atoms with Crippen LogP contribution < -0.4 is 5.32 Å². The van der Waals surface area contributed by atoms with Crippen molar-refractivity contribution < 1.29 is 4.79 Å². The van der Waals surface area contributed by atoms with Gasteiger partial charge in [-0.05, 0) is 41.0 Å². The lowest BCUT2D eigenvalue weighted by atomic mass is 9.98. The van der Waals surface area contributed by atoms with Crippen molar-refractivity contribution in [2.24, 2.45) is 0 Å². The number of carbonyl (C=O) groups is 1. The molecule has 0 fully saturated rings. The van der Waals surface area contributed by atoms with E-state index in [4.69, 9.17) is 11.6 Å². The normalized spacial score (nSPS) is 10.8. The maximum atomic E-state index is 12.7. The van der Waals surface area contributed by atoms with Gasteiger partial charge in [-0.2, -0.15) is 5.10 Å². The number of hydrogen-bond donors (Lipinski definition) is 1. The van der Waals surface area contributed by atoms with E-state index in [0.717, 1.165) is 32.4 Å². The second-order valence-corrected chi connectivity index (χ2v) is 8.13. The summed E-state index contributed by atoms with van der Waals surface area (Å²) in [5, 5.41) is 7.21. The predicted molar refractivity (Wildman–Crippen MR) is 114 cm³/mol. The average molecular weight is 408 g/mol. The van der Waals surface area contributed by atoms with Crippen molar-refractivity contribution in [1.29, 1.82) is 0 Å². The highest BCUT2D eigenvalue weighted by molar-refractivity contribution is 7.16. The van der Waals surface area contributed by atoms with Crippen LogP contribution in [0.25, 0.3) is 11.1 Å². The second-order valence-electron chi connectivity index (χ2n) is 6.33. The molecule has 0 atom stereocenters. The van der Waals surface area contributed by atoms with Crippen LogP contribution in [0.3, 0.4) is 0 Å². The van der Waals surface area contributed by atoms with Crippen molar-refractivity contribution in [3.8, 4) is 11.1 Å². The number of halogens is 1. The van der Waals surface area contributed by atoms with Crippen LogP contribution in [-0.2, 0) is 13.1 Å². The zero-order valence-corrected chi connectivity index (χ0v) is 16.6. The summed E-state index contributed by atoms with van der Waals surface area (Å²) in [4.78, 5) is 13.8. The molecule has 0 saturated heterocycles. The molecular weight excluding hydrogens is 390 g/mol. The molecule has 6 heteroatoms. The smallest absolute Gasteiger partial charge is 0.252 e. The Labute approximate surface area is 172 Å². The van der Waals surface area contributed by atoms with Crippen LogP contribution in [0.2, 0.25) is 4.34 Å². The Balaban J connectivity index is 1.51. The lowest BCUT2D eigenvalue weighted by Crippen LogP contribution is -2.22. The molecule has 0 aliphatic carbocycles. The van der Waals surface area contributed by atoms with E-state index in [1.165, 1.54) is 11.3 Å². The van der Waals surface area contributed by atoms with Crippen LogP contribution >= 0.6 is 22.9 Å². The Kier molecular flexibility index (Phi) is 5.55. The predicted octanol–water partition coefficient (Wildman–Crippen LogP) is 5.24. The molecule has 2 aromatic carbocycles. The topological polar surface area (TPSA) is 46.9 Å². The van der Waals surface area contributed by atoms with Gasteiger partial charge in [0.15, 0.2) is 0 Å². The zero-order chi connectivity index (χ0) is 19.3. The minimum Gasteiger partial charge on any atom is -0.347 e. The van der Waals surface area contributed by atoms with E-state index >= 15 is 0 Å². The molecule has 1 amide bonds. The number of amides is 1. The van der Waals surface area contributed by atoms with Gasteiger partial charge in [-0.25, -0.2) is 0 Å². The van der Waals surface area contributed by atoms with E-state index in [0.29, 0.717) is 12.1 Å². The van der Waals surface area contributed by atoms with E-state index < -0.39 is 0 Å². The SMILES string of the molecule is O=C(NCc1ccc(Cl)s1)c1ccccc1-c1ccc(Cn2cccn2)cc1. The van der Waals surface area contributed by atoms with Crippen molar-refractivity contribution in [2.45, 2.75) is 13.1 Å². The summed E-state index contributed by atoms with van der Waals surface area (Å²) in [5.74, 6) is -0.0965. The molecular formula is C22H18ClN3OS. The Hall–Kier alpha value is -2.89. The summed E-state index contributed by atoms with van der Waals surface area (Å²) >= 11 is 7.43. The van der Waals surface area contributed by atoms with Crippen LogP contribution in [0, 0.1) is 0 Å². The molecule has 0 saturated carbocycles. The quantitative estimate of drug-likeness (QED) is 0.475. The average Bonchev–Trinajstić information content (AvgIpc) is 3.38. The minimum atomic E-state index is -0.0965. The van der Waals surface area contributed by atoms with Crippen LogP contribution in [0.1, 0.15) is 20.8 Å². The van der Waals surface area contributed by atoms with Gasteiger partial charge in [0.05, 0.1) is 17.4 Å². The molecule has 4 rings (SSSR count). The fourth-order valence-corrected chi connectivity index (χ4v) is 4.04. The van der Waals surface area contributed by atoms with E-state index in [-0.39, 0.29) is 5.91 Å². The van der Waals surface area contributed by atoms with Crippen molar-refractivity contribution in [3.05, 3.63) is 99.5 Å². The number of nitrogens with one attached hydrogen (secondary N) is 1. The van der Waals surface area contributed by atoms with Crippen LogP contribution in [-0.4, -0.2) is 15.7 Å². The summed E-state index contributed by atoms with van der Waals surface area (Å²) in [5.41, 5.74) is 3.73. The molecule has 0 bridgehead atoms. The van der Waals surface area contributed by atoms with Gasteiger partial charge in [-0.15, -0.1) is 11.3 Å². The van der Waals surface area contributed by atoms with E-state index in [2.05, 4.69) is 22.5 Å². The Morgan fingerprint density at radius 3 is 2.57 bits per heavy atom. The summed E-state index contributed by atoms with van der Waals surface area (Å²) in [7, 11) is 0. The molecule has 0 spiro atoms. The Morgan fingerprint density at radius 2 is 1.86 bits per heavy atom. The first kappa shape index (κ1) is 18.5. The summed E-state index contributed by atoms with van der Waals surface area (Å²) < 4.78 is 2.60. The first-order chi connectivity index (χ1) is 13.7. The number of hydrogen-bond acceptors (Lipinski definition) is 3. The van der Waals surface area contributed by atoms with Crippen LogP contribution in [0.4, 0.5) is 0 Å². The fourth-order valence-electron chi connectivity index (χ4n) is 3.01. The molecule has 28 heavy (non-hydrogen) atoms. The molecule has 0 unspecified atom stereocenters. The zero-order valence-electron chi connectivity index (χ0n) is 15.0. The third-order valence-corrected chi connectivity index (χ3v) is 5.62. The molecule has 2 heterocycles. The van der Waals surface area contributed by atoms with Gasteiger partial charge < -0.3 is 5.32 Å². The highest BCUT2D eigenvalue weighted by Crippen LogP contribution is 2.25. The first-order valence-corrected chi connectivity index (χ1v) is 10.1. The second kappa shape index (κ2) is 8.42. The number of thiophene rings is 1. The van der Waals surface area contributed by atoms with Crippen LogP contribution in [0.5, 0.6) is 0 Å². The minimum absolute atomic E-state index is 0.0965. The lowest BCUT2D eigenvalue weighted by Gasteiger charge is -2.11. The van der Waals surface area contributed by atoms with Gasteiger partial charge in [0, 0.05) is 22.8 Å². The largest absolute Gasteiger partial charge is 0.347 e. The molecule has 0 aliphatic heterocycles. The van der Waals surface area contributed by atoms with Crippen molar-refractivity contribution >= 4 is 28.8 Å². The molecule has 140 valence electrons. The van der Waals surface area contributed by atoms with Gasteiger partial charge in [0.1, 0.15) is 0 Å². The Bertz CT molecular complexity index is 1070. The third kappa shape index (κ3) is 4.32. The van der Waals surface area contributed by atoms with Gasteiger partial charge >= 0.3 is 0 Å². The molecule has 1 N–H and O–H groups in total. The Morgan fingerprint density at radius 1 is 1.04 bits per heavy atom. The third-order valence-electron chi connectivity index (χ3n) is 4.39. The highest BCUT2D eigenvalue weighted by Gasteiger charge is 2.12. The van der Waals surface area contributed by atoms with E-state index in [9.17, 15) is 4.79 Å². The molecule has 2 aromatic heterocycles. The number of nitrogens with zero attached hydrogens (tertiary/aromatic N) is 2. The van der Waals surface area contributed by atoms with Gasteiger partial charge in [-0.1, -0.05) is 54.1 Å². The summed E-state index contributed by atoms with van der Waals surface area (Å²) in [6.45, 7) is 1.19. The summed E-state index contributed by atoms with van der Waals surface area (Å²) in [6.07, 6.45) is 3.71. The van der Waals surface area contributed by atoms with Crippen molar-refractivity contribution in [1.82, 2.24) is 15.1 Å². The summed E-state index contributed by atoms with van der Waals surface area (Å²) in [6, 6.07) is 21.6. The standard InChI is InChI=1S/C22H18ClN3OS/c23-21-11-10-18(28-21)14-24-22(27)20-5-2-1-4-19(20)17-8-6-16(7-9-17)15-26-13-3-12-25-26/h1-13H,14-15H2,(H,24,27). The van der Waals surface area contributed by atoms with E-state index in [1.54, 1.807) is 6.20 Å². The van der Waals surface area contributed by atoms with Crippen molar-refractivity contribution in [2.75, 3.05) is 0 Å². The van der Waals surface area contributed by atoms with Gasteiger partial charge in [0.25, 0.3) is 5.91 Å². The number of rotatable bonds is 6. The number of aromatic nitrogens is 2. The molecule has 0 radical (unpaired) electrons. The van der Waals surface area contributed by atoms with E-state index in [1.807, 2.05) is 65.5 Å². The maximum Gasteiger partial charge on any atom is 0.252 e. The highest BCUT2D eigenvalue weighted by atomic mass is 35.5. The lowest BCUT2D eigenvalue weighted by molar-refractivity contribution is 0.0952. The number of carbonyl (C=O) groups excluding carboxylic acids is 1. The molecule has 4 aromatic rings.